The fourth-order valence-corrected chi connectivity index (χ4v) is 3.34. The highest BCUT2D eigenvalue weighted by atomic mass is 14.9. The first-order valence-electron chi connectivity index (χ1n) is 7.09. The molecular weight excluding hydrogens is 218 g/mol. The van der Waals surface area contributed by atoms with Crippen LogP contribution >= 0.6 is 0 Å². The third-order valence-electron chi connectivity index (χ3n) is 4.19. The van der Waals surface area contributed by atoms with Gasteiger partial charge in [-0.1, -0.05) is 49.4 Å². The summed E-state index contributed by atoms with van der Waals surface area (Å²) in [5.41, 5.74) is 1.55. The lowest BCUT2D eigenvalue weighted by Crippen LogP contribution is -2.25. The SMILES string of the molecule is CCNC1CCC(c2cccc3ccccc23)C1. The monoisotopic (exact) mass is 239 g/mol. The Hall–Kier alpha value is -1.34. The van der Waals surface area contributed by atoms with Crippen LogP contribution < -0.4 is 5.32 Å². The quantitative estimate of drug-likeness (QED) is 0.850. The maximum absolute atomic E-state index is 3.59. The molecule has 0 heterocycles. The Labute approximate surface area is 109 Å². The third-order valence-corrected chi connectivity index (χ3v) is 4.19. The van der Waals surface area contributed by atoms with Crippen LogP contribution in [0.2, 0.25) is 0 Å². The molecule has 2 aromatic rings. The summed E-state index contributed by atoms with van der Waals surface area (Å²) in [4.78, 5) is 0. The van der Waals surface area contributed by atoms with E-state index >= 15 is 0 Å². The molecule has 94 valence electrons. The van der Waals surface area contributed by atoms with Gasteiger partial charge in [-0.25, -0.2) is 0 Å². The van der Waals surface area contributed by atoms with Gasteiger partial charge in [-0.05, 0) is 48.1 Å². The summed E-state index contributed by atoms with van der Waals surface area (Å²) in [6.45, 7) is 3.29. The summed E-state index contributed by atoms with van der Waals surface area (Å²) in [5, 5.41) is 6.42. The molecule has 1 heteroatoms. The Balaban J connectivity index is 1.91. The molecule has 0 radical (unpaired) electrons. The predicted molar refractivity (Wildman–Crippen MR) is 78.0 cm³/mol. The Morgan fingerprint density at radius 2 is 1.89 bits per heavy atom. The van der Waals surface area contributed by atoms with E-state index in [0.717, 1.165) is 18.5 Å². The summed E-state index contributed by atoms with van der Waals surface area (Å²) >= 11 is 0. The van der Waals surface area contributed by atoms with Crippen LogP contribution in [-0.2, 0) is 0 Å². The summed E-state index contributed by atoms with van der Waals surface area (Å²) < 4.78 is 0. The molecule has 1 saturated carbocycles. The summed E-state index contributed by atoms with van der Waals surface area (Å²) in [6, 6.07) is 16.2. The third kappa shape index (κ3) is 2.15. The lowest BCUT2D eigenvalue weighted by molar-refractivity contribution is 0.535. The summed E-state index contributed by atoms with van der Waals surface area (Å²) in [7, 11) is 0. The van der Waals surface area contributed by atoms with Crippen LogP contribution in [0.25, 0.3) is 10.8 Å². The van der Waals surface area contributed by atoms with E-state index in [0.29, 0.717) is 0 Å². The van der Waals surface area contributed by atoms with E-state index in [1.54, 1.807) is 5.56 Å². The molecule has 18 heavy (non-hydrogen) atoms. The van der Waals surface area contributed by atoms with Crippen LogP contribution in [0.15, 0.2) is 42.5 Å². The molecule has 0 aliphatic heterocycles. The van der Waals surface area contributed by atoms with Gasteiger partial charge in [0.1, 0.15) is 0 Å². The zero-order valence-corrected chi connectivity index (χ0v) is 11.0. The summed E-state index contributed by atoms with van der Waals surface area (Å²) in [6.07, 6.45) is 3.94. The molecule has 0 aromatic heterocycles. The van der Waals surface area contributed by atoms with E-state index in [1.165, 1.54) is 30.0 Å². The van der Waals surface area contributed by atoms with Crippen LogP contribution in [0.3, 0.4) is 0 Å². The smallest absolute Gasteiger partial charge is 0.00729 e. The van der Waals surface area contributed by atoms with Crippen molar-refractivity contribution in [2.24, 2.45) is 0 Å². The predicted octanol–water partition coefficient (Wildman–Crippen LogP) is 4.09. The van der Waals surface area contributed by atoms with Crippen molar-refractivity contribution in [3.8, 4) is 0 Å². The molecule has 0 amide bonds. The Morgan fingerprint density at radius 1 is 1.06 bits per heavy atom. The number of hydrogen-bond acceptors (Lipinski definition) is 1. The largest absolute Gasteiger partial charge is 0.314 e. The number of rotatable bonds is 3. The van der Waals surface area contributed by atoms with Gasteiger partial charge < -0.3 is 5.32 Å². The second kappa shape index (κ2) is 5.11. The van der Waals surface area contributed by atoms with Gasteiger partial charge in [0.2, 0.25) is 0 Å². The van der Waals surface area contributed by atoms with Crippen molar-refractivity contribution in [2.45, 2.75) is 38.1 Å². The number of benzene rings is 2. The maximum Gasteiger partial charge on any atom is 0.00729 e. The number of nitrogens with one attached hydrogen (secondary N) is 1. The molecule has 1 aliphatic carbocycles. The second-order valence-corrected chi connectivity index (χ2v) is 5.33. The second-order valence-electron chi connectivity index (χ2n) is 5.33. The topological polar surface area (TPSA) is 12.0 Å². The van der Waals surface area contributed by atoms with Crippen molar-refractivity contribution >= 4 is 10.8 Å². The zero-order valence-electron chi connectivity index (χ0n) is 11.0. The van der Waals surface area contributed by atoms with Crippen molar-refractivity contribution in [3.63, 3.8) is 0 Å². The van der Waals surface area contributed by atoms with Gasteiger partial charge in [0, 0.05) is 6.04 Å². The molecule has 1 fully saturated rings. The molecule has 2 aromatic carbocycles. The molecule has 2 atom stereocenters. The van der Waals surface area contributed by atoms with Crippen LogP contribution in [-0.4, -0.2) is 12.6 Å². The summed E-state index contributed by atoms with van der Waals surface area (Å²) in [5.74, 6) is 0.736. The number of hydrogen-bond donors (Lipinski definition) is 1. The normalized spacial score (nSPS) is 23.6. The van der Waals surface area contributed by atoms with Gasteiger partial charge in [-0.3, -0.25) is 0 Å². The zero-order chi connectivity index (χ0) is 12.4. The van der Waals surface area contributed by atoms with Crippen molar-refractivity contribution in [2.75, 3.05) is 6.54 Å². The highest BCUT2D eigenvalue weighted by Gasteiger charge is 2.25. The lowest BCUT2D eigenvalue weighted by atomic mass is 9.92. The molecular formula is C17H21N. The van der Waals surface area contributed by atoms with Gasteiger partial charge in [0.25, 0.3) is 0 Å². The van der Waals surface area contributed by atoms with Crippen molar-refractivity contribution < 1.29 is 0 Å². The first-order chi connectivity index (χ1) is 8.88. The molecule has 0 spiro atoms. The van der Waals surface area contributed by atoms with Crippen molar-refractivity contribution in [1.82, 2.24) is 5.32 Å². The van der Waals surface area contributed by atoms with Crippen LogP contribution in [0, 0.1) is 0 Å². The lowest BCUT2D eigenvalue weighted by Gasteiger charge is -2.14. The highest BCUT2D eigenvalue weighted by Crippen LogP contribution is 2.37. The van der Waals surface area contributed by atoms with Crippen molar-refractivity contribution in [3.05, 3.63) is 48.0 Å². The van der Waals surface area contributed by atoms with E-state index in [1.807, 2.05) is 0 Å². The van der Waals surface area contributed by atoms with Crippen LogP contribution in [0.5, 0.6) is 0 Å². The highest BCUT2D eigenvalue weighted by molar-refractivity contribution is 5.86. The first kappa shape index (κ1) is 11.7. The van der Waals surface area contributed by atoms with E-state index < -0.39 is 0 Å². The van der Waals surface area contributed by atoms with E-state index in [2.05, 4.69) is 54.7 Å². The van der Waals surface area contributed by atoms with Crippen molar-refractivity contribution in [1.29, 1.82) is 0 Å². The fraction of sp³-hybridized carbons (Fsp3) is 0.412. The standard InChI is InChI=1S/C17H21N/c1-2-18-15-11-10-14(12-15)17-9-5-7-13-6-3-4-8-16(13)17/h3-9,14-15,18H,2,10-12H2,1H3. The van der Waals surface area contributed by atoms with Gasteiger partial charge in [0.05, 0.1) is 0 Å². The molecule has 0 bridgehead atoms. The van der Waals surface area contributed by atoms with Gasteiger partial charge in [-0.15, -0.1) is 0 Å². The average Bonchev–Trinajstić information content (AvgIpc) is 2.87. The Kier molecular flexibility index (Phi) is 3.33. The van der Waals surface area contributed by atoms with E-state index in [9.17, 15) is 0 Å². The minimum atomic E-state index is 0.721. The van der Waals surface area contributed by atoms with E-state index in [4.69, 9.17) is 0 Å². The molecule has 0 saturated heterocycles. The minimum absolute atomic E-state index is 0.721. The number of fused-ring (bicyclic) bond motifs is 1. The van der Waals surface area contributed by atoms with E-state index in [-0.39, 0.29) is 0 Å². The molecule has 2 unspecified atom stereocenters. The minimum Gasteiger partial charge on any atom is -0.314 e. The Bertz CT molecular complexity index is 527. The first-order valence-corrected chi connectivity index (χ1v) is 7.09. The Morgan fingerprint density at radius 3 is 2.78 bits per heavy atom. The maximum atomic E-state index is 3.59. The molecule has 1 nitrogen and oxygen atoms in total. The molecule has 1 N–H and O–H groups in total. The van der Waals surface area contributed by atoms with Gasteiger partial charge in [-0.2, -0.15) is 0 Å². The molecule has 1 aliphatic rings. The van der Waals surface area contributed by atoms with Gasteiger partial charge >= 0.3 is 0 Å². The van der Waals surface area contributed by atoms with Crippen LogP contribution in [0.4, 0.5) is 0 Å². The van der Waals surface area contributed by atoms with Gasteiger partial charge in [0.15, 0.2) is 0 Å². The fourth-order valence-electron chi connectivity index (χ4n) is 3.34. The molecule has 3 rings (SSSR count). The average molecular weight is 239 g/mol. The van der Waals surface area contributed by atoms with Crippen LogP contribution in [0.1, 0.15) is 37.7 Å².